The zero-order valence-electron chi connectivity index (χ0n) is 13.0. The molecule has 1 aromatic carbocycles. The summed E-state index contributed by atoms with van der Waals surface area (Å²) in [4.78, 5) is 18.9. The molecule has 2 rings (SSSR count). The number of nitrogens with two attached hydrogens (primary N) is 1. The summed E-state index contributed by atoms with van der Waals surface area (Å²) < 4.78 is 53.4. The van der Waals surface area contributed by atoms with Crippen molar-refractivity contribution in [2.24, 2.45) is 5.73 Å². The van der Waals surface area contributed by atoms with Crippen LogP contribution >= 0.6 is 0 Å². The third-order valence-electron chi connectivity index (χ3n) is 2.84. The lowest BCUT2D eigenvalue weighted by atomic mass is 10.2. The molecule has 0 spiro atoms. The highest BCUT2D eigenvalue weighted by atomic mass is 32.2. The number of nitrogens with zero attached hydrogens (tertiary/aromatic N) is 2. The number of hydrogen-bond donors (Lipinski definition) is 3. The maximum Gasteiger partial charge on any atom is 0.306 e. The number of benzene rings is 1. The van der Waals surface area contributed by atoms with Crippen molar-refractivity contribution in [2.45, 2.75) is 6.92 Å². The van der Waals surface area contributed by atoms with E-state index in [4.69, 9.17) is 11.1 Å². The number of carbonyl (C=O) groups is 1. The third kappa shape index (κ3) is 4.36. The van der Waals surface area contributed by atoms with Crippen LogP contribution < -0.4 is 5.73 Å². The molecular formula is C13H13F2N5O4S. The van der Waals surface area contributed by atoms with Crippen molar-refractivity contribution < 1.29 is 26.3 Å². The van der Waals surface area contributed by atoms with Crippen LogP contribution in [0.15, 0.2) is 18.2 Å². The third-order valence-corrected chi connectivity index (χ3v) is 3.26. The van der Waals surface area contributed by atoms with Crippen molar-refractivity contribution in [3.05, 3.63) is 41.2 Å². The van der Waals surface area contributed by atoms with Gasteiger partial charge in [-0.05, 0) is 19.1 Å². The van der Waals surface area contributed by atoms with Crippen LogP contribution in [0.2, 0.25) is 0 Å². The molecule has 0 aliphatic carbocycles. The van der Waals surface area contributed by atoms with Crippen molar-refractivity contribution in [1.82, 2.24) is 15.0 Å². The van der Waals surface area contributed by atoms with Gasteiger partial charge >= 0.3 is 5.91 Å². The Hall–Kier alpha value is -2.86. The van der Waals surface area contributed by atoms with Gasteiger partial charge in [0.1, 0.15) is 17.5 Å². The molecule has 0 aliphatic rings. The SMILES string of the molecule is Cc1[nH]c(-c2cc(F)cc(F)c2)nc1C(=O)N(OS(C)(=O)=O)C(=N)N. The molecule has 0 saturated heterocycles. The van der Waals surface area contributed by atoms with E-state index in [1.807, 2.05) is 0 Å². The summed E-state index contributed by atoms with van der Waals surface area (Å²) in [5.41, 5.74) is 4.99. The fourth-order valence-corrected chi connectivity index (χ4v) is 2.33. The summed E-state index contributed by atoms with van der Waals surface area (Å²) in [6.07, 6.45) is 0.661. The van der Waals surface area contributed by atoms with E-state index < -0.39 is 33.6 Å². The van der Waals surface area contributed by atoms with E-state index in [1.165, 1.54) is 6.92 Å². The van der Waals surface area contributed by atoms with Crippen LogP contribution in [0.5, 0.6) is 0 Å². The summed E-state index contributed by atoms with van der Waals surface area (Å²) in [6.45, 7) is 1.41. The molecule has 1 heterocycles. The number of amides is 1. The highest BCUT2D eigenvalue weighted by molar-refractivity contribution is 7.85. The predicted molar refractivity (Wildman–Crippen MR) is 82.7 cm³/mol. The summed E-state index contributed by atoms with van der Waals surface area (Å²) in [6, 6.07) is 2.65. The highest BCUT2D eigenvalue weighted by Crippen LogP contribution is 2.21. The van der Waals surface area contributed by atoms with Crippen molar-refractivity contribution in [3.8, 4) is 11.4 Å². The van der Waals surface area contributed by atoms with E-state index in [-0.39, 0.29) is 27.8 Å². The van der Waals surface area contributed by atoms with Gasteiger partial charge in [-0.1, -0.05) is 0 Å². The number of imidazole rings is 1. The number of aryl methyl sites for hydroxylation is 1. The Labute approximate surface area is 141 Å². The molecule has 0 unspecified atom stereocenters. The lowest BCUT2D eigenvalue weighted by Gasteiger charge is -2.16. The van der Waals surface area contributed by atoms with E-state index >= 15 is 0 Å². The molecule has 4 N–H and O–H groups in total. The Balaban J connectivity index is 2.44. The molecule has 0 bridgehead atoms. The van der Waals surface area contributed by atoms with Gasteiger partial charge in [0.05, 0.1) is 6.26 Å². The monoisotopic (exact) mass is 373 g/mol. The van der Waals surface area contributed by atoms with Crippen LogP contribution in [0, 0.1) is 24.0 Å². The van der Waals surface area contributed by atoms with Gasteiger partial charge in [-0.2, -0.15) is 8.42 Å². The zero-order chi connectivity index (χ0) is 18.9. The molecule has 0 aliphatic heterocycles. The Morgan fingerprint density at radius 3 is 2.36 bits per heavy atom. The van der Waals surface area contributed by atoms with E-state index in [2.05, 4.69) is 14.3 Å². The number of halogens is 2. The smallest absolute Gasteiger partial charge is 0.306 e. The molecule has 0 saturated carbocycles. The Bertz CT molecular complexity index is 937. The molecule has 1 amide bonds. The van der Waals surface area contributed by atoms with Gasteiger partial charge in [0.15, 0.2) is 5.69 Å². The number of nitrogens with one attached hydrogen (secondary N) is 2. The van der Waals surface area contributed by atoms with Crippen LogP contribution in [0.25, 0.3) is 11.4 Å². The minimum atomic E-state index is -4.14. The van der Waals surface area contributed by atoms with Gasteiger partial charge in [0.25, 0.3) is 10.1 Å². The number of carbonyl (C=O) groups excluding carboxylic acids is 1. The number of aromatic nitrogens is 2. The fourth-order valence-electron chi connectivity index (χ4n) is 1.91. The lowest BCUT2D eigenvalue weighted by molar-refractivity contribution is 0.0195. The second-order valence-corrected chi connectivity index (χ2v) is 6.54. The summed E-state index contributed by atoms with van der Waals surface area (Å²) >= 11 is 0. The number of hydroxylamine groups is 2. The minimum absolute atomic E-state index is 0.0260. The van der Waals surface area contributed by atoms with E-state index in [1.54, 1.807) is 0 Å². The van der Waals surface area contributed by atoms with Gasteiger partial charge in [-0.3, -0.25) is 10.2 Å². The largest absolute Gasteiger partial charge is 0.368 e. The van der Waals surface area contributed by atoms with Crippen molar-refractivity contribution in [1.29, 1.82) is 5.41 Å². The van der Waals surface area contributed by atoms with Crippen LogP contribution in [-0.2, 0) is 14.4 Å². The van der Waals surface area contributed by atoms with Crippen molar-refractivity contribution in [2.75, 3.05) is 6.26 Å². The van der Waals surface area contributed by atoms with Gasteiger partial charge < -0.3 is 10.7 Å². The summed E-state index contributed by atoms with van der Waals surface area (Å²) in [7, 11) is -4.14. The maximum absolute atomic E-state index is 13.3. The van der Waals surface area contributed by atoms with Gasteiger partial charge in [-0.15, -0.1) is 9.35 Å². The number of H-pyrrole nitrogens is 1. The molecule has 9 nitrogen and oxygen atoms in total. The first kappa shape index (κ1) is 18.5. The number of hydrogen-bond acceptors (Lipinski definition) is 6. The lowest BCUT2D eigenvalue weighted by Crippen LogP contribution is -2.42. The van der Waals surface area contributed by atoms with Gasteiger partial charge in [-0.25, -0.2) is 13.8 Å². The maximum atomic E-state index is 13.3. The molecule has 2 aromatic rings. The zero-order valence-corrected chi connectivity index (χ0v) is 13.8. The highest BCUT2D eigenvalue weighted by Gasteiger charge is 2.28. The molecule has 0 fully saturated rings. The Kier molecular flexibility index (Phi) is 4.85. The first-order chi connectivity index (χ1) is 11.5. The van der Waals surface area contributed by atoms with Crippen molar-refractivity contribution in [3.63, 3.8) is 0 Å². The number of aromatic amines is 1. The molecule has 1 aromatic heterocycles. The van der Waals surface area contributed by atoms with E-state index in [9.17, 15) is 22.0 Å². The minimum Gasteiger partial charge on any atom is -0.368 e. The first-order valence-corrected chi connectivity index (χ1v) is 8.40. The standard InChI is InChI=1S/C13H13F2N5O4S/c1-6-10(12(21)20(13(16)17)24-25(2,22)23)19-11(18-6)7-3-8(14)5-9(15)4-7/h3-5H,1-2H3,(H3,16,17)(H,18,19). The van der Waals surface area contributed by atoms with Gasteiger partial charge in [0.2, 0.25) is 5.96 Å². The molecule has 0 radical (unpaired) electrons. The molecular weight excluding hydrogens is 360 g/mol. The second-order valence-electron chi connectivity index (χ2n) is 4.98. The Morgan fingerprint density at radius 2 is 1.88 bits per heavy atom. The molecule has 12 heteroatoms. The normalized spacial score (nSPS) is 11.4. The van der Waals surface area contributed by atoms with E-state index in [0.29, 0.717) is 12.3 Å². The summed E-state index contributed by atoms with van der Waals surface area (Å²) in [5.74, 6) is -3.86. The molecule has 0 atom stereocenters. The molecule has 25 heavy (non-hydrogen) atoms. The van der Waals surface area contributed by atoms with Crippen molar-refractivity contribution >= 4 is 22.0 Å². The average molecular weight is 373 g/mol. The van der Waals surface area contributed by atoms with Crippen LogP contribution in [0.3, 0.4) is 0 Å². The van der Waals surface area contributed by atoms with Crippen LogP contribution in [-0.4, -0.2) is 41.6 Å². The summed E-state index contributed by atoms with van der Waals surface area (Å²) in [5, 5.41) is 7.30. The quantitative estimate of drug-likeness (QED) is 0.413. The number of guanidine groups is 1. The average Bonchev–Trinajstić information content (AvgIpc) is 2.84. The van der Waals surface area contributed by atoms with Gasteiger partial charge in [0, 0.05) is 17.3 Å². The van der Waals surface area contributed by atoms with Crippen LogP contribution in [0.4, 0.5) is 8.78 Å². The Morgan fingerprint density at radius 1 is 1.32 bits per heavy atom. The van der Waals surface area contributed by atoms with E-state index in [0.717, 1.165) is 12.1 Å². The topological polar surface area (TPSA) is 142 Å². The van der Waals surface area contributed by atoms with Crippen LogP contribution in [0.1, 0.15) is 16.2 Å². The molecule has 134 valence electrons. The predicted octanol–water partition coefficient (Wildman–Crippen LogP) is 0.890. The first-order valence-electron chi connectivity index (χ1n) is 6.59. The second kappa shape index (κ2) is 6.57. The fraction of sp³-hybridized carbons (Fsp3) is 0.154. The number of rotatable bonds is 4.